The van der Waals surface area contributed by atoms with Gasteiger partial charge < -0.3 is 14.2 Å². The van der Waals surface area contributed by atoms with Crippen LogP contribution in [0.2, 0.25) is 0 Å². The van der Waals surface area contributed by atoms with Crippen LogP contribution >= 0.6 is 0 Å². The van der Waals surface area contributed by atoms with Gasteiger partial charge in [-0.05, 0) is 0 Å². The van der Waals surface area contributed by atoms with Gasteiger partial charge in [0.1, 0.15) is 6.61 Å². The van der Waals surface area contributed by atoms with Crippen LogP contribution in [-0.4, -0.2) is 38.4 Å². The first kappa shape index (κ1) is 8.00. The third-order valence-electron chi connectivity index (χ3n) is 1.28. The summed E-state index contributed by atoms with van der Waals surface area (Å²) < 4.78 is 13.5. The molecule has 5 heteroatoms. The van der Waals surface area contributed by atoms with E-state index in [-0.39, 0.29) is 19.0 Å². The molecule has 1 saturated heterocycles. The standard InChI is InChI=1S/C6H8O5/c1-9-6(8)11-5-3-10-2-4(5)7/h5H,2-3H2,1H3. The van der Waals surface area contributed by atoms with Crippen molar-refractivity contribution >= 4 is 11.9 Å². The summed E-state index contributed by atoms with van der Waals surface area (Å²) in [6.45, 7) is 0.148. The van der Waals surface area contributed by atoms with E-state index in [1.807, 2.05) is 0 Å². The molecule has 0 aromatic carbocycles. The molecule has 1 atom stereocenters. The zero-order valence-electron chi connectivity index (χ0n) is 6.03. The van der Waals surface area contributed by atoms with Gasteiger partial charge >= 0.3 is 6.16 Å². The molecule has 1 heterocycles. The number of methoxy groups -OCH3 is 1. The lowest BCUT2D eigenvalue weighted by atomic mass is 10.3. The minimum atomic E-state index is -0.853. The Balaban J connectivity index is 2.36. The van der Waals surface area contributed by atoms with Crippen molar-refractivity contribution in [2.75, 3.05) is 20.3 Å². The summed E-state index contributed by atoms with van der Waals surface area (Å²) in [7, 11) is 1.18. The lowest BCUT2D eigenvalue weighted by Gasteiger charge is -2.05. The topological polar surface area (TPSA) is 61.8 Å². The molecule has 1 aliphatic rings. The van der Waals surface area contributed by atoms with Crippen molar-refractivity contribution in [1.82, 2.24) is 0 Å². The highest BCUT2D eigenvalue weighted by Gasteiger charge is 2.29. The smallest absolute Gasteiger partial charge is 0.438 e. The number of hydrogen-bond acceptors (Lipinski definition) is 5. The molecular formula is C6H8O5. The first-order chi connectivity index (χ1) is 5.24. The highest BCUT2D eigenvalue weighted by atomic mass is 16.7. The van der Waals surface area contributed by atoms with Crippen molar-refractivity contribution in [2.45, 2.75) is 6.10 Å². The van der Waals surface area contributed by atoms with E-state index in [1.54, 1.807) is 0 Å². The lowest BCUT2D eigenvalue weighted by molar-refractivity contribution is -0.124. The van der Waals surface area contributed by atoms with Crippen LogP contribution in [0.3, 0.4) is 0 Å². The van der Waals surface area contributed by atoms with E-state index in [0.717, 1.165) is 0 Å². The van der Waals surface area contributed by atoms with Crippen molar-refractivity contribution < 1.29 is 23.8 Å². The van der Waals surface area contributed by atoms with Crippen LogP contribution in [0.5, 0.6) is 0 Å². The summed E-state index contributed by atoms with van der Waals surface area (Å²) >= 11 is 0. The number of ether oxygens (including phenoxy) is 3. The van der Waals surface area contributed by atoms with Gasteiger partial charge in [-0.2, -0.15) is 0 Å². The Morgan fingerprint density at radius 3 is 2.91 bits per heavy atom. The van der Waals surface area contributed by atoms with Crippen molar-refractivity contribution in [3.8, 4) is 0 Å². The summed E-state index contributed by atoms with van der Waals surface area (Å²) in [4.78, 5) is 21.2. The number of carbonyl (C=O) groups excluding carboxylic acids is 2. The number of carbonyl (C=O) groups is 2. The molecule has 0 bridgehead atoms. The SMILES string of the molecule is COC(=O)OC1COCC1=O. The molecule has 11 heavy (non-hydrogen) atoms. The second-order valence-electron chi connectivity index (χ2n) is 2.04. The van der Waals surface area contributed by atoms with Gasteiger partial charge in [0, 0.05) is 0 Å². The first-order valence-corrected chi connectivity index (χ1v) is 3.09. The molecule has 1 fully saturated rings. The fraction of sp³-hybridized carbons (Fsp3) is 0.667. The molecule has 0 aliphatic carbocycles. The summed E-state index contributed by atoms with van der Waals surface area (Å²) in [5.41, 5.74) is 0. The van der Waals surface area contributed by atoms with Gasteiger partial charge in [0.15, 0.2) is 6.10 Å². The monoisotopic (exact) mass is 160 g/mol. The normalized spacial score (nSPS) is 23.4. The molecule has 62 valence electrons. The number of Topliss-reactive ketones (excluding diaryl/α,β-unsaturated/α-hetero) is 1. The predicted molar refractivity (Wildman–Crippen MR) is 33.1 cm³/mol. The van der Waals surface area contributed by atoms with Crippen molar-refractivity contribution in [2.24, 2.45) is 0 Å². The zero-order chi connectivity index (χ0) is 8.27. The van der Waals surface area contributed by atoms with E-state index in [9.17, 15) is 9.59 Å². The maximum atomic E-state index is 10.8. The van der Waals surface area contributed by atoms with Gasteiger partial charge in [-0.1, -0.05) is 0 Å². The number of rotatable bonds is 1. The minimum Gasteiger partial charge on any atom is -0.438 e. The molecule has 5 nitrogen and oxygen atoms in total. The predicted octanol–water partition coefficient (Wildman–Crippen LogP) is -0.263. The minimum absolute atomic E-state index is 0.0155. The quantitative estimate of drug-likeness (QED) is 0.494. The maximum Gasteiger partial charge on any atom is 0.508 e. The average molecular weight is 160 g/mol. The Morgan fingerprint density at radius 2 is 2.45 bits per heavy atom. The number of ketones is 1. The van der Waals surface area contributed by atoms with Crippen LogP contribution in [0.25, 0.3) is 0 Å². The largest absolute Gasteiger partial charge is 0.508 e. The molecular weight excluding hydrogens is 152 g/mol. The molecule has 0 spiro atoms. The molecule has 1 rings (SSSR count). The highest BCUT2D eigenvalue weighted by molar-refractivity contribution is 5.87. The van der Waals surface area contributed by atoms with Gasteiger partial charge in [0.25, 0.3) is 0 Å². The third kappa shape index (κ3) is 1.91. The van der Waals surface area contributed by atoms with E-state index < -0.39 is 12.3 Å². The first-order valence-electron chi connectivity index (χ1n) is 3.09. The maximum absolute atomic E-state index is 10.8. The summed E-state index contributed by atoms with van der Waals surface area (Å²) in [6, 6.07) is 0. The van der Waals surface area contributed by atoms with E-state index in [2.05, 4.69) is 9.47 Å². The molecule has 0 amide bonds. The second-order valence-corrected chi connectivity index (χ2v) is 2.04. The van der Waals surface area contributed by atoms with Gasteiger partial charge in [-0.3, -0.25) is 4.79 Å². The Hall–Kier alpha value is -1.10. The summed E-state index contributed by atoms with van der Waals surface area (Å²) in [6.07, 6.45) is -1.63. The van der Waals surface area contributed by atoms with E-state index in [1.165, 1.54) is 7.11 Å². The molecule has 0 N–H and O–H groups in total. The average Bonchev–Trinajstić information content (AvgIpc) is 2.37. The van der Waals surface area contributed by atoms with E-state index >= 15 is 0 Å². The zero-order valence-corrected chi connectivity index (χ0v) is 6.03. The Morgan fingerprint density at radius 1 is 1.73 bits per heavy atom. The van der Waals surface area contributed by atoms with Crippen LogP contribution in [0.1, 0.15) is 0 Å². The Bertz CT molecular complexity index is 176. The molecule has 0 radical (unpaired) electrons. The molecule has 1 aliphatic heterocycles. The van der Waals surface area contributed by atoms with Crippen LogP contribution in [0.15, 0.2) is 0 Å². The summed E-state index contributed by atoms with van der Waals surface area (Å²) in [5.74, 6) is -0.226. The number of hydrogen-bond donors (Lipinski definition) is 0. The van der Waals surface area contributed by atoms with Gasteiger partial charge in [0.05, 0.1) is 13.7 Å². The lowest BCUT2D eigenvalue weighted by Crippen LogP contribution is -2.25. The summed E-state index contributed by atoms with van der Waals surface area (Å²) in [5, 5.41) is 0. The molecule has 0 saturated carbocycles. The van der Waals surface area contributed by atoms with Crippen LogP contribution in [0.4, 0.5) is 4.79 Å². The van der Waals surface area contributed by atoms with E-state index in [4.69, 9.17) is 4.74 Å². The molecule has 1 unspecified atom stereocenters. The van der Waals surface area contributed by atoms with Crippen molar-refractivity contribution in [1.29, 1.82) is 0 Å². The molecule has 0 aromatic heterocycles. The van der Waals surface area contributed by atoms with Crippen molar-refractivity contribution in [3.05, 3.63) is 0 Å². The third-order valence-corrected chi connectivity index (χ3v) is 1.28. The Labute approximate surface area is 63.2 Å². The van der Waals surface area contributed by atoms with Gasteiger partial charge in [-0.15, -0.1) is 0 Å². The van der Waals surface area contributed by atoms with Gasteiger partial charge in [-0.25, -0.2) is 4.79 Å². The van der Waals surface area contributed by atoms with Gasteiger partial charge in [0.2, 0.25) is 5.78 Å². The van der Waals surface area contributed by atoms with Crippen molar-refractivity contribution in [3.63, 3.8) is 0 Å². The fourth-order valence-electron chi connectivity index (χ4n) is 0.716. The fourth-order valence-corrected chi connectivity index (χ4v) is 0.716. The van der Waals surface area contributed by atoms with E-state index in [0.29, 0.717) is 0 Å². The van der Waals surface area contributed by atoms with Crippen LogP contribution < -0.4 is 0 Å². The second kappa shape index (κ2) is 3.34. The highest BCUT2D eigenvalue weighted by Crippen LogP contribution is 2.04. The molecule has 0 aromatic rings. The Kier molecular flexibility index (Phi) is 2.43. The van der Waals surface area contributed by atoms with Crippen LogP contribution in [-0.2, 0) is 19.0 Å². The van der Waals surface area contributed by atoms with Crippen LogP contribution in [0, 0.1) is 0 Å².